The number of carbonyl (C=O) groups is 1. The van der Waals surface area contributed by atoms with Gasteiger partial charge in [0.25, 0.3) is 5.56 Å². The van der Waals surface area contributed by atoms with Gasteiger partial charge >= 0.3 is 0 Å². The number of ether oxygens (including phenoxy) is 2. The molecule has 0 spiro atoms. The molecule has 0 saturated carbocycles. The molecule has 1 aromatic heterocycles. The van der Waals surface area contributed by atoms with Gasteiger partial charge in [-0.2, -0.15) is 5.26 Å². The molecule has 0 radical (unpaired) electrons. The van der Waals surface area contributed by atoms with E-state index in [1.807, 2.05) is 6.07 Å². The average molecular weight is 456 g/mol. The highest BCUT2D eigenvalue weighted by atomic mass is 32.2. The Kier molecular flexibility index (Phi) is 5.42. The molecule has 8 nitrogen and oxygen atoms in total. The van der Waals surface area contributed by atoms with Crippen molar-refractivity contribution >= 4 is 34.3 Å². The molecule has 0 fully saturated rings. The SMILES string of the molecule is N#Cc1ccc(-n2c(SCC(=O)Nc3ccc4c(c3)OCO4)nc3ccccc3c2=O)cc1. The van der Waals surface area contributed by atoms with Crippen LogP contribution in [-0.4, -0.2) is 28.0 Å². The third-order valence-corrected chi connectivity index (χ3v) is 5.93. The Balaban J connectivity index is 1.43. The number of hydrogen-bond acceptors (Lipinski definition) is 7. The molecule has 0 aliphatic carbocycles. The first kappa shape index (κ1) is 20.6. The minimum Gasteiger partial charge on any atom is -0.454 e. The number of benzene rings is 3. The van der Waals surface area contributed by atoms with Gasteiger partial charge in [0, 0.05) is 11.8 Å². The van der Waals surface area contributed by atoms with E-state index < -0.39 is 0 Å². The summed E-state index contributed by atoms with van der Waals surface area (Å²) in [7, 11) is 0. The zero-order valence-electron chi connectivity index (χ0n) is 17.1. The molecule has 2 heterocycles. The van der Waals surface area contributed by atoms with Gasteiger partial charge in [-0.25, -0.2) is 4.98 Å². The van der Waals surface area contributed by atoms with Crippen molar-refractivity contribution in [1.29, 1.82) is 5.26 Å². The van der Waals surface area contributed by atoms with E-state index in [1.165, 1.54) is 4.57 Å². The van der Waals surface area contributed by atoms with E-state index in [-0.39, 0.29) is 24.0 Å². The van der Waals surface area contributed by atoms with E-state index in [4.69, 9.17) is 14.7 Å². The summed E-state index contributed by atoms with van der Waals surface area (Å²) in [6.45, 7) is 0.156. The lowest BCUT2D eigenvalue weighted by atomic mass is 10.2. The van der Waals surface area contributed by atoms with Gasteiger partial charge in [-0.15, -0.1) is 0 Å². The van der Waals surface area contributed by atoms with E-state index in [9.17, 15) is 9.59 Å². The summed E-state index contributed by atoms with van der Waals surface area (Å²) < 4.78 is 12.1. The van der Waals surface area contributed by atoms with E-state index in [2.05, 4.69) is 16.4 Å². The summed E-state index contributed by atoms with van der Waals surface area (Å²) in [5.41, 5.74) is 1.93. The van der Waals surface area contributed by atoms with Crippen LogP contribution in [0.2, 0.25) is 0 Å². The number of anilines is 1. The summed E-state index contributed by atoms with van der Waals surface area (Å²) in [4.78, 5) is 30.5. The second kappa shape index (κ2) is 8.68. The number of rotatable bonds is 5. The predicted molar refractivity (Wildman–Crippen MR) is 124 cm³/mol. The molecular formula is C24H16N4O4S. The first-order valence-corrected chi connectivity index (χ1v) is 11.0. The van der Waals surface area contributed by atoms with Crippen LogP contribution < -0.4 is 20.3 Å². The highest BCUT2D eigenvalue weighted by Crippen LogP contribution is 2.34. The fourth-order valence-electron chi connectivity index (χ4n) is 3.42. The number of nitrogens with one attached hydrogen (secondary N) is 1. The number of carbonyl (C=O) groups excluding carboxylic acids is 1. The van der Waals surface area contributed by atoms with Crippen molar-refractivity contribution in [2.24, 2.45) is 0 Å². The number of nitriles is 1. The smallest absolute Gasteiger partial charge is 0.266 e. The molecular weight excluding hydrogens is 440 g/mol. The lowest BCUT2D eigenvalue weighted by Gasteiger charge is -2.13. The van der Waals surface area contributed by atoms with Crippen LogP contribution in [0.3, 0.4) is 0 Å². The molecule has 162 valence electrons. The largest absolute Gasteiger partial charge is 0.454 e. The third-order valence-electron chi connectivity index (χ3n) is 4.99. The summed E-state index contributed by atoms with van der Waals surface area (Å²) in [5, 5.41) is 12.7. The fraction of sp³-hybridized carbons (Fsp3) is 0.0833. The zero-order valence-corrected chi connectivity index (χ0v) is 18.0. The minimum atomic E-state index is -0.257. The number of amides is 1. The summed E-state index contributed by atoms with van der Waals surface area (Å²) in [6, 6.07) is 20.9. The normalized spacial score (nSPS) is 11.8. The first-order valence-electron chi connectivity index (χ1n) is 9.97. The molecule has 5 rings (SSSR count). The molecule has 0 saturated heterocycles. The van der Waals surface area contributed by atoms with Gasteiger partial charge in [0.15, 0.2) is 16.7 Å². The predicted octanol–water partition coefficient (Wildman–Crippen LogP) is 3.72. The summed E-state index contributed by atoms with van der Waals surface area (Å²) in [5.74, 6) is 0.989. The number of hydrogen-bond donors (Lipinski definition) is 1. The maximum Gasteiger partial charge on any atom is 0.266 e. The molecule has 33 heavy (non-hydrogen) atoms. The van der Waals surface area contributed by atoms with Crippen molar-refractivity contribution in [3.63, 3.8) is 0 Å². The van der Waals surface area contributed by atoms with E-state index >= 15 is 0 Å². The number of nitrogens with zero attached hydrogens (tertiary/aromatic N) is 3. The number of aromatic nitrogens is 2. The number of fused-ring (bicyclic) bond motifs is 2. The lowest BCUT2D eigenvalue weighted by Crippen LogP contribution is -2.23. The molecule has 1 N–H and O–H groups in total. The summed E-state index contributed by atoms with van der Waals surface area (Å²) in [6.07, 6.45) is 0. The van der Waals surface area contributed by atoms with Crippen LogP contribution in [0.1, 0.15) is 5.56 Å². The van der Waals surface area contributed by atoms with Gasteiger partial charge in [0.2, 0.25) is 12.7 Å². The number of thioether (sulfide) groups is 1. The van der Waals surface area contributed by atoms with Crippen molar-refractivity contribution < 1.29 is 14.3 Å². The highest BCUT2D eigenvalue weighted by molar-refractivity contribution is 7.99. The molecule has 9 heteroatoms. The second-order valence-corrected chi connectivity index (χ2v) is 8.06. The standard InChI is InChI=1S/C24H16N4O4S/c25-12-15-5-8-17(9-6-15)28-23(30)18-3-1-2-4-19(18)27-24(28)33-13-22(29)26-16-7-10-20-21(11-16)32-14-31-20/h1-11H,13-14H2,(H,26,29). The lowest BCUT2D eigenvalue weighted by molar-refractivity contribution is -0.113. The Hall–Kier alpha value is -4.29. The van der Waals surface area contributed by atoms with Crippen LogP contribution >= 0.6 is 11.8 Å². The highest BCUT2D eigenvalue weighted by Gasteiger charge is 2.17. The van der Waals surface area contributed by atoms with E-state index in [0.29, 0.717) is 44.5 Å². The first-order chi connectivity index (χ1) is 16.1. The maximum atomic E-state index is 13.3. The van der Waals surface area contributed by atoms with Crippen molar-refractivity contribution in [1.82, 2.24) is 9.55 Å². The number of para-hydroxylation sites is 1. The van der Waals surface area contributed by atoms with Crippen LogP contribution in [0.15, 0.2) is 76.7 Å². The molecule has 0 bridgehead atoms. The van der Waals surface area contributed by atoms with Gasteiger partial charge in [-0.1, -0.05) is 23.9 Å². The molecule has 3 aromatic carbocycles. The van der Waals surface area contributed by atoms with E-state index in [0.717, 1.165) is 11.8 Å². The van der Waals surface area contributed by atoms with Gasteiger partial charge in [-0.3, -0.25) is 14.2 Å². The van der Waals surface area contributed by atoms with Crippen molar-refractivity contribution in [2.75, 3.05) is 17.9 Å². The third kappa shape index (κ3) is 4.12. The van der Waals surface area contributed by atoms with Crippen molar-refractivity contribution in [3.8, 4) is 23.3 Å². The quantitative estimate of drug-likeness (QED) is 0.360. The molecule has 4 aromatic rings. The molecule has 1 amide bonds. The molecule has 1 aliphatic heterocycles. The van der Waals surface area contributed by atoms with Gasteiger partial charge in [-0.05, 0) is 48.5 Å². The summed E-state index contributed by atoms with van der Waals surface area (Å²) >= 11 is 1.15. The maximum absolute atomic E-state index is 13.3. The van der Waals surface area contributed by atoms with Crippen LogP contribution in [0.5, 0.6) is 11.5 Å². The van der Waals surface area contributed by atoms with Gasteiger partial charge in [0.1, 0.15) is 0 Å². The molecule has 1 aliphatic rings. The van der Waals surface area contributed by atoms with Crippen LogP contribution in [-0.2, 0) is 4.79 Å². The topological polar surface area (TPSA) is 106 Å². The minimum absolute atomic E-state index is 0.0372. The van der Waals surface area contributed by atoms with Crippen LogP contribution in [0.4, 0.5) is 5.69 Å². The average Bonchev–Trinajstić information content (AvgIpc) is 3.31. The van der Waals surface area contributed by atoms with Crippen LogP contribution in [0, 0.1) is 11.3 Å². The van der Waals surface area contributed by atoms with Gasteiger partial charge < -0.3 is 14.8 Å². The Morgan fingerprint density at radius 2 is 1.88 bits per heavy atom. The van der Waals surface area contributed by atoms with Crippen molar-refractivity contribution in [3.05, 3.63) is 82.6 Å². The van der Waals surface area contributed by atoms with Gasteiger partial charge in [0.05, 0.1) is 34.0 Å². The monoisotopic (exact) mass is 456 g/mol. The molecule has 0 atom stereocenters. The Labute approximate surface area is 192 Å². The van der Waals surface area contributed by atoms with E-state index in [1.54, 1.807) is 60.7 Å². The zero-order chi connectivity index (χ0) is 22.8. The van der Waals surface area contributed by atoms with Crippen LogP contribution in [0.25, 0.3) is 16.6 Å². The Morgan fingerprint density at radius 3 is 2.70 bits per heavy atom. The van der Waals surface area contributed by atoms with Crippen molar-refractivity contribution in [2.45, 2.75) is 5.16 Å². The Morgan fingerprint density at radius 1 is 1.09 bits per heavy atom. The second-order valence-electron chi connectivity index (χ2n) is 7.12. The fourth-order valence-corrected chi connectivity index (χ4v) is 4.24. The Bertz CT molecular complexity index is 1480. The molecule has 0 unspecified atom stereocenters.